The number of aromatic nitrogens is 1. The number of hydrogen-bond acceptors (Lipinski definition) is 4. The summed E-state index contributed by atoms with van der Waals surface area (Å²) in [5, 5.41) is 4.41. The standard InChI is InChI=1S/C30H18BrClF3N3O3/c31-19-13-14-24(41-29(40)17-7-2-1-3-8-17)18(15-19)16-36-38-28(39)27-25(20-9-4-5-12-23(20)32)21-10-6-11-22(26(21)37-27)30(33,34)35/h1-16,37H,(H,38,39). The first-order valence-corrected chi connectivity index (χ1v) is 13.2. The molecule has 1 amide bonds. The number of benzene rings is 4. The summed E-state index contributed by atoms with van der Waals surface area (Å²) in [7, 11) is 0. The number of amides is 1. The van der Waals surface area contributed by atoms with Crippen molar-refractivity contribution in [3.8, 4) is 16.9 Å². The lowest BCUT2D eigenvalue weighted by atomic mass is 10.00. The molecule has 0 spiro atoms. The van der Waals surface area contributed by atoms with Crippen LogP contribution in [0.25, 0.3) is 22.0 Å². The molecule has 1 aromatic heterocycles. The molecule has 5 aromatic rings. The van der Waals surface area contributed by atoms with Gasteiger partial charge >= 0.3 is 12.1 Å². The molecule has 41 heavy (non-hydrogen) atoms. The fraction of sp³-hybridized carbons (Fsp3) is 0.0333. The predicted octanol–water partition coefficient (Wildman–Crippen LogP) is 8.25. The molecule has 0 aliphatic heterocycles. The summed E-state index contributed by atoms with van der Waals surface area (Å²) >= 11 is 9.73. The maximum atomic E-state index is 13.8. The van der Waals surface area contributed by atoms with E-state index in [1.54, 1.807) is 72.8 Å². The quantitative estimate of drug-likeness (QED) is 0.0849. The van der Waals surface area contributed by atoms with Gasteiger partial charge in [0.25, 0.3) is 5.91 Å². The van der Waals surface area contributed by atoms with Crippen molar-refractivity contribution in [2.45, 2.75) is 6.18 Å². The van der Waals surface area contributed by atoms with Gasteiger partial charge in [-0.1, -0.05) is 76.1 Å². The first-order chi connectivity index (χ1) is 19.6. The number of H-pyrrole nitrogens is 1. The lowest BCUT2D eigenvalue weighted by Crippen LogP contribution is -2.19. The number of nitrogens with zero attached hydrogens (tertiary/aromatic N) is 1. The SMILES string of the molecule is O=C(Oc1ccc(Br)cc1C=NNC(=O)c1[nH]c2c(C(F)(F)F)cccc2c1-c1ccccc1Cl)c1ccccc1. The topological polar surface area (TPSA) is 83.5 Å². The van der Waals surface area contributed by atoms with Crippen molar-refractivity contribution in [1.82, 2.24) is 10.4 Å². The molecule has 0 saturated heterocycles. The average molecular weight is 641 g/mol. The first-order valence-electron chi connectivity index (χ1n) is 12.0. The fourth-order valence-corrected chi connectivity index (χ4v) is 4.84. The van der Waals surface area contributed by atoms with Crippen molar-refractivity contribution in [3.05, 3.63) is 123 Å². The second-order valence-electron chi connectivity index (χ2n) is 8.72. The highest BCUT2D eigenvalue weighted by Crippen LogP contribution is 2.41. The van der Waals surface area contributed by atoms with Gasteiger partial charge in [-0.25, -0.2) is 10.2 Å². The number of rotatable bonds is 6. The monoisotopic (exact) mass is 639 g/mol. The van der Waals surface area contributed by atoms with Crippen LogP contribution in [0.5, 0.6) is 5.75 Å². The maximum absolute atomic E-state index is 13.8. The Morgan fingerprint density at radius 2 is 1.68 bits per heavy atom. The number of aromatic amines is 1. The molecule has 11 heteroatoms. The molecule has 0 unspecified atom stereocenters. The van der Waals surface area contributed by atoms with Crippen LogP contribution in [-0.4, -0.2) is 23.1 Å². The number of hydrogen-bond donors (Lipinski definition) is 2. The smallest absolute Gasteiger partial charge is 0.418 e. The molecule has 0 saturated carbocycles. The number of ether oxygens (including phenoxy) is 1. The van der Waals surface area contributed by atoms with E-state index in [1.165, 1.54) is 18.3 Å². The molecule has 2 N–H and O–H groups in total. The largest absolute Gasteiger partial charge is 0.422 e. The van der Waals surface area contributed by atoms with Gasteiger partial charge in [0.2, 0.25) is 0 Å². The molecule has 5 rings (SSSR count). The third-order valence-electron chi connectivity index (χ3n) is 6.06. The van der Waals surface area contributed by atoms with Crippen LogP contribution in [0.1, 0.15) is 32.0 Å². The van der Waals surface area contributed by atoms with Crippen LogP contribution >= 0.6 is 27.5 Å². The van der Waals surface area contributed by atoms with E-state index in [0.717, 1.165) is 6.07 Å². The van der Waals surface area contributed by atoms with Crippen LogP contribution in [0.2, 0.25) is 5.02 Å². The van der Waals surface area contributed by atoms with E-state index in [1.807, 2.05) is 0 Å². The molecule has 0 radical (unpaired) electrons. The van der Waals surface area contributed by atoms with E-state index in [4.69, 9.17) is 16.3 Å². The zero-order chi connectivity index (χ0) is 29.1. The normalized spacial score (nSPS) is 11.6. The van der Waals surface area contributed by atoms with Gasteiger partial charge in [0, 0.05) is 31.6 Å². The number of nitrogens with one attached hydrogen (secondary N) is 2. The average Bonchev–Trinajstić information content (AvgIpc) is 3.34. The minimum absolute atomic E-state index is 0.160. The highest BCUT2D eigenvalue weighted by atomic mass is 79.9. The second kappa shape index (κ2) is 11.6. The van der Waals surface area contributed by atoms with Crippen molar-refractivity contribution >= 4 is 56.5 Å². The maximum Gasteiger partial charge on any atom is 0.418 e. The Hall–Kier alpha value is -4.41. The van der Waals surface area contributed by atoms with Gasteiger partial charge in [0.15, 0.2) is 0 Å². The molecule has 0 atom stereocenters. The van der Waals surface area contributed by atoms with Crippen LogP contribution in [0.15, 0.2) is 101 Å². The predicted molar refractivity (Wildman–Crippen MR) is 154 cm³/mol. The van der Waals surface area contributed by atoms with Gasteiger partial charge < -0.3 is 9.72 Å². The molecule has 206 valence electrons. The van der Waals surface area contributed by atoms with Gasteiger partial charge in [-0.3, -0.25) is 4.79 Å². The number of fused-ring (bicyclic) bond motifs is 1. The van der Waals surface area contributed by atoms with E-state index < -0.39 is 23.6 Å². The van der Waals surface area contributed by atoms with Crippen LogP contribution in [-0.2, 0) is 6.18 Å². The summed E-state index contributed by atoms with van der Waals surface area (Å²) in [5.74, 6) is -1.22. The number of carbonyl (C=O) groups excluding carboxylic acids is 2. The van der Waals surface area contributed by atoms with Gasteiger partial charge in [-0.2, -0.15) is 18.3 Å². The molecule has 1 heterocycles. The van der Waals surface area contributed by atoms with Crippen molar-refractivity contribution in [1.29, 1.82) is 0 Å². The van der Waals surface area contributed by atoms with E-state index in [-0.39, 0.29) is 32.9 Å². The Morgan fingerprint density at radius 3 is 2.41 bits per heavy atom. The Morgan fingerprint density at radius 1 is 0.951 bits per heavy atom. The second-order valence-corrected chi connectivity index (χ2v) is 10.0. The molecule has 0 fully saturated rings. The Balaban J connectivity index is 1.49. The Labute approximate surface area is 244 Å². The summed E-state index contributed by atoms with van der Waals surface area (Å²) in [5.41, 5.74) is 2.27. The van der Waals surface area contributed by atoms with Crippen LogP contribution in [0, 0.1) is 0 Å². The van der Waals surface area contributed by atoms with Crippen molar-refractivity contribution < 1.29 is 27.5 Å². The molecule has 0 aliphatic rings. The summed E-state index contributed by atoms with van der Waals surface area (Å²) in [6, 6.07) is 23.4. The molecular weight excluding hydrogens is 623 g/mol. The number of halogens is 5. The molecule has 0 aliphatic carbocycles. The van der Waals surface area contributed by atoms with Gasteiger partial charge in [-0.15, -0.1) is 0 Å². The summed E-state index contributed by atoms with van der Waals surface area (Å²) < 4.78 is 47.5. The highest BCUT2D eigenvalue weighted by molar-refractivity contribution is 9.10. The van der Waals surface area contributed by atoms with Crippen molar-refractivity contribution in [2.75, 3.05) is 0 Å². The van der Waals surface area contributed by atoms with Crippen LogP contribution < -0.4 is 10.2 Å². The molecule has 6 nitrogen and oxygen atoms in total. The Bertz CT molecular complexity index is 1800. The molecule has 0 bridgehead atoms. The summed E-state index contributed by atoms with van der Waals surface area (Å²) in [6.07, 6.45) is -3.41. The van der Waals surface area contributed by atoms with Crippen LogP contribution in [0.3, 0.4) is 0 Å². The van der Waals surface area contributed by atoms with Crippen molar-refractivity contribution in [2.24, 2.45) is 5.10 Å². The van der Waals surface area contributed by atoms with E-state index in [9.17, 15) is 22.8 Å². The summed E-state index contributed by atoms with van der Waals surface area (Å²) in [6.45, 7) is 0. The number of hydrazone groups is 1. The third kappa shape index (κ3) is 6.03. The van der Waals surface area contributed by atoms with E-state index >= 15 is 0 Å². The summed E-state index contributed by atoms with van der Waals surface area (Å²) in [4.78, 5) is 28.5. The number of esters is 1. The van der Waals surface area contributed by atoms with E-state index in [0.29, 0.717) is 21.2 Å². The minimum Gasteiger partial charge on any atom is -0.422 e. The zero-order valence-electron chi connectivity index (χ0n) is 20.8. The van der Waals surface area contributed by atoms with Gasteiger partial charge in [0.05, 0.1) is 22.9 Å². The van der Waals surface area contributed by atoms with Crippen LogP contribution in [0.4, 0.5) is 13.2 Å². The number of alkyl halides is 3. The van der Waals surface area contributed by atoms with E-state index in [2.05, 4.69) is 31.4 Å². The van der Waals surface area contributed by atoms with Gasteiger partial charge in [-0.05, 0) is 42.5 Å². The highest BCUT2D eigenvalue weighted by Gasteiger charge is 2.35. The third-order valence-corrected chi connectivity index (χ3v) is 6.89. The minimum atomic E-state index is -4.66. The van der Waals surface area contributed by atoms with Gasteiger partial charge in [0.1, 0.15) is 11.4 Å². The lowest BCUT2D eigenvalue weighted by molar-refractivity contribution is -0.136. The number of carbonyl (C=O) groups is 2. The number of para-hydroxylation sites is 1. The molecule has 4 aromatic carbocycles. The van der Waals surface area contributed by atoms with Crippen molar-refractivity contribution in [3.63, 3.8) is 0 Å². The lowest BCUT2D eigenvalue weighted by Gasteiger charge is -2.09. The fourth-order valence-electron chi connectivity index (χ4n) is 4.23. The first kappa shape index (κ1) is 28.1. The Kier molecular flexibility index (Phi) is 7.96. The molecular formula is C30H18BrClF3N3O3. The zero-order valence-corrected chi connectivity index (χ0v) is 23.1.